The van der Waals surface area contributed by atoms with Crippen LogP contribution in [0, 0.1) is 0 Å². The lowest BCUT2D eigenvalue weighted by molar-refractivity contribution is -0.135. The second-order valence-electron chi connectivity index (χ2n) is 4.74. The van der Waals surface area contributed by atoms with Crippen molar-refractivity contribution in [3.05, 3.63) is 59.1 Å². The summed E-state index contributed by atoms with van der Waals surface area (Å²) in [5.41, 5.74) is 1.31. The number of benzene rings is 2. The predicted octanol–water partition coefficient (Wildman–Crippen LogP) is 2.80. The summed E-state index contributed by atoms with van der Waals surface area (Å²) in [5, 5.41) is 16.5. The average Bonchev–Trinajstić information content (AvgIpc) is 2.53. The molecule has 8 heteroatoms. The number of anilines is 2. The molecule has 4 N–H and O–H groups in total. The molecule has 0 aliphatic carbocycles. The fourth-order valence-electron chi connectivity index (χ4n) is 1.82. The van der Waals surface area contributed by atoms with Gasteiger partial charge in [0.1, 0.15) is 6.54 Å². The van der Waals surface area contributed by atoms with E-state index in [2.05, 4.69) is 16.0 Å². The van der Waals surface area contributed by atoms with Gasteiger partial charge < -0.3 is 21.1 Å². The van der Waals surface area contributed by atoms with Crippen LogP contribution in [-0.2, 0) is 4.79 Å². The third-order valence-corrected chi connectivity index (χ3v) is 3.12. The minimum absolute atomic E-state index is 0.289. The molecule has 7 nitrogen and oxygen atoms in total. The Kier molecular flexibility index (Phi) is 5.75. The van der Waals surface area contributed by atoms with Gasteiger partial charge in [0.25, 0.3) is 5.91 Å². The Hall–Kier alpha value is -3.06. The van der Waals surface area contributed by atoms with Gasteiger partial charge in [-0.15, -0.1) is 0 Å². The van der Waals surface area contributed by atoms with Gasteiger partial charge in [-0.05, 0) is 42.5 Å². The first-order valence-corrected chi connectivity index (χ1v) is 7.25. The number of rotatable bonds is 5. The van der Waals surface area contributed by atoms with Crippen LogP contribution in [0.15, 0.2) is 48.5 Å². The van der Waals surface area contributed by atoms with Crippen molar-refractivity contribution in [3.63, 3.8) is 0 Å². The van der Waals surface area contributed by atoms with E-state index in [1.54, 1.807) is 24.3 Å². The van der Waals surface area contributed by atoms with Crippen LogP contribution < -0.4 is 16.0 Å². The van der Waals surface area contributed by atoms with E-state index in [4.69, 9.17) is 16.7 Å². The number of hydrogen-bond acceptors (Lipinski definition) is 3. The molecule has 124 valence electrons. The van der Waals surface area contributed by atoms with Gasteiger partial charge in [-0.3, -0.25) is 9.59 Å². The van der Waals surface area contributed by atoms with Crippen molar-refractivity contribution < 1.29 is 19.5 Å². The lowest BCUT2D eigenvalue weighted by atomic mass is 10.2. The van der Waals surface area contributed by atoms with E-state index in [1.165, 1.54) is 24.3 Å². The normalized spacial score (nSPS) is 9.88. The quantitative estimate of drug-likeness (QED) is 0.667. The SMILES string of the molecule is O=C(O)CNC(=O)c1ccc(NC(=O)Nc2cccc(Cl)c2)cc1. The molecular formula is C16H14ClN3O4. The van der Waals surface area contributed by atoms with Gasteiger partial charge in [0.15, 0.2) is 0 Å². The Morgan fingerprint density at radius 3 is 2.25 bits per heavy atom. The van der Waals surface area contributed by atoms with Gasteiger partial charge in [-0.2, -0.15) is 0 Å². The maximum atomic E-state index is 11.9. The Balaban J connectivity index is 1.92. The monoisotopic (exact) mass is 347 g/mol. The molecule has 2 aromatic carbocycles. The molecule has 2 rings (SSSR count). The van der Waals surface area contributed by atoms with Gasteiger partial charge in [-0.1, -0.05) is 17.7 Å². The Morgan fingerprint density at radius 1 is 0.958 bits per heavy atom. The highest BCUT2D eigenvalue weighted by Crippen LogP contribution is 2.15. The highest BCUT2D eigenvalue weighted by Gasteiger charge is 2.08. The van der Waals surface area contributed by atoms with Crippen molar-refractivity contribution >= 4 is 40.9 Å². The van der Waals surface area contributed by atoms with Crippen LogP contribution in [0.25, 0.3) is 0 Å². The molecule has 0 heterocycles. The van der Waals surface area contributed by atoms with E-state index >= 15 is 0 Å². The largest absolute Gasteiger partial charge is 0.480 e. The minimum Gasteiger partial charge on any atom is -0.480 e. The molecule has 0 saturated carbocycles. The molecular weight excluding hydrogens is 334 g/mol. The number of amides is 3. The summed E-state index contributed by atoms with van der Waals surface area (Å²) >= 11 is 5.83. The molecule has 0 aliphatic rings. The number of carboxylic acids is 1. The molecule has 2 aromatic rings. The number of nitrogens with one attached hydrogen (secondary N) is 3. The number of aliphatic carboxylic acids is 1. The first-order chi connectivity index (χ1) is 11.4. The number of urea groups is 1. The first-order valence-electron chi connectivity index (χ1n) is 6.87. The van der Waals surface area contributed by atoms with Crippen molar-refractivity contribution in [2.45, 2.75) is 0 Å². The van der Waals surface area contributed by atoms with Crippen LogP contribution in [0.2, 0.25) is 5.02 Å². The number of carbonyl (C=O) groups is 3. The number of carboxylic acid groups (broad SMARTS) is 1. The lowest BCUT2D eigenvalue weighted by Gasteiger charge is -2.08. The highest BCUT2D eigenvalue weighted by atomic mass is 35.5. The van der Waals surface area contributed by atoms with Gasteiger partial charge in [0.05, 0.1) is 0 Å². The molecule has 0 bridgehead atoms. The van der Waals surface area contributed by atoms with Crippen molar-refractivity contribution in [3.8, 4) is 0 Å². The van der Waals surface area contributed by atoms with Crippen LogP contribution in [0.4, 0.5) is 16.2 Å². The average molecular weight is 348 g/mol. The maximum absolute atomic E-state index is 11.9. The first kappa shape index (κ1) is 17.3. The van der Waals surface area contributed by atoms with E-state index in [0.717, 1.165) is 0 Å². The zero-order chi connectivity index (χ0) is 17.5. The van der Waals surface area contributed by atoms with E-state index in [-0.39, 0.29) is 5.56 Å². The van der Waals surface area contributed by atoms with Crippen molar-refractivity contribution in [2.75, 3.05) is 17.2 Å². The van der Waals surface area contributed by atoms with Crippen molar-refractivity contribution in [2.24, 2.45) is 0 Å². The smallest absolute Gasteiger partial charge is 0.323 e. The summed E-state index contributed by atoms with van der Waals surface area (Å²) < 4.78 is 0. The van der Waals surface area contributed by atoms with Crippen LogP contribution in [0.5, 0.6) is 0 Å². The van der Waals surface area contributed by atoms with Crippen LogP contribution in [0.3, 0.4) is 0 Å². The molecule has 0 aliphatic heterocycles. The topological polar surface area (TPSA) is 108 Å². The Bertz CT molecular complexity index is 762. The van der Waals surface area contributed by atoms with Crippen LogP contribution in [0.1, 0.15) is 10.4 Å². The zero-order valence-corrected chi connectivity index (χ0v) is 13.1. The van der Waals surface area contributed by atoms with Crippen LogP contribution in [-0.4, -0.2) is 29.6 Å². The third kappa shape index (κ3) is 5.29. The fourth-order valence-corrected chi connectivity index (χ4v) is 2.01. The molecule has 0 radical (unpaired) electrons. The maximum Gasteiger partial charge on any atom is 0.323 e. The van der Waals surface area contributed by atoms with Gasteiger partial charge >= 0.3 is 12.0 Å². The van der Waals surface area contributed by atoms with Gasteiger partial charge in [-0.25, -0.2) is 4.79 Å². The van der Waals surface area contributed by atoms with E-state index in [1.807, 2.05) is 0 Å². The summed E-state index contributed by atoms with van der Waals surface area (Å²) in [5.74, 6) is -1.63. The van der Waals surface area contributed by atoms with E-state index < -0.39 is 24.5 Å². The number of hydrogen-bond donors (Lipinski definition) is 4. The number of carbonyl (C=O) groups excluding carboxylic acids is 2. The molecule has 0 saturated heterocycles. The van der Waals surface area contributed by atoms with E-state index in [0.29, 0.717) is 16.4 Å². The fraction of sp³-hybridized carbons (Fsp3) is 0.0625. The molecule has 0 aromatic heterocycles. The summed E-state index contributed by atoms with van der Waals surface area (Å²) in [6.07, 6.45) is 0. The van der Waals surface area contributed by atoms with Crippen molar-refractivity contribution in [1.82, 2.24) is 5.32 Å². The van der Waals surface area contributed by atoms with Crippen molar-refractivity contribution in [1.29, 1.82) is 0 Å². The molecule has 0 atom stereocenters. The van der Waals surface area contributed by atoms with Gasteiger partial charge in [0, 0.05) is 22.0 Å². The van der Waals surface area contributed by atoms with E-state index in [9.17, 15) is 14.4 Å². The summed E-state index contributed by atoms with van der Waals surface area (Å²) in [7, 11) is 0. The third-order valence-electron chi connectivity index (χ3n) is 2.89. The Morgan fingerprint density at radius 2 is 1.62 bits per heavy atom. The summed E-state index contributed by atoms with van der Waals surface area (Å²) in [6.45, 7) is -0.457. The second-order valence-corrected chi connectivity index (χ2v) is 5.18. The van der Waals surface area contributed by atoms with Crippen LogP contribution >= 0.6 is 11.6 Å². The lowest BCUT2D eigenvalue weighted by Crippen LogP contribution is -2.29. The second kappa shape index (κ2) is 7.98. The molecule has 0 unspecified atom stereocenters. The number of halogens is 1. The standard InChI is InChI=1S/C16H14ClN3O4/c17-11-2-1-3-13(8-11)20-16(24)19-12-6-4-10(5-7-12)15(23)18-9-14(21)22/h1-8H,9H2,(H,18,23)(H,21,22)(H2,19,20,24). The minimum atomic E-state index is -1.13. The molecule has 0 spiro atoms. The highest BCUT2D eigenvalue weighted by molar-refractivity contribution is 6.30. The summed E-state index contributed by atoms with van der Waals surface area (Å²) in [6, 6.07) is 12.3. The predicted molar refractivity (Wildman–Crippen MR) is 90.5 cm³/mol. The molecule has 3 amide bonds. The van der Waals surface area contributed by atoms with Gasteiger partial charge in [0.2, 0.25) is 0 Å². The molecule has 0 fully saturated rings. The molecule has 24 heavy (non-hydrogen) atoms. The zero-order valence-electron chi connectivity index (χ0n) is 12.4. The Labute approximate surface area is 142 Å². The summed E-state index contributed by atoms with van der Waals surface area (Å²) in [4.78, 5) is 34.0.